The van der Waals surface area contributed by atoms with Crippen molar-refractivity contribution in [1.29, 1.82) is 0 Å². The van der Waals surface area contributed by atoms with Crippen LogP contribution >= 0.6 is 0 Å². The Kier molecular flexibility index (Phi) is 78.7. The molecular weight excluding hydrogens is 164 g/mol. The molecule has 0 saturated heterocycles. The second-order valence-corrected chi connectivity index (χ2v) is 0.316. The van der Waals surface area contributed by atoms with Crippen molar-refractivity contribution in [3.05, 3.63) is 0 Å². The molecule has 5 heavy (non-hydrogen) atoms. The number of aliphatic hydroxyl groups excluding tert-OH is 1. The molecule has 39 valence electrons. The first-order valence-electron chi connectivity index (χ1n) is 1.02. The van der Waals surface area contributed by atoms with E-state index in [-0.39, 0.29) is 34.5 Å². The summed E-state index contributed by atoms with van der Waals surface area (Å²) in [5.41, 5.74) is 0. The van der Waals surface area contributed by atoms with Gasteiger partial charge in [0, 0.05) is 29.0 Å². The van der Waals surface area contributed by atoms with Crippen molar-refractivity contribution in [3.8, 4) is 0 Å². The van der Waals surface area contributed by atoms with Gasteiger partial charge in [-0.3, -0.25) is 0 Å². The average Bonchev–Trinajstić information content (AvgIpc) is 0.918. The summed E-state index contributed by atoms with van der Waals surface area (Å²) in [6.07, 6.45) is 0. The van der Waals surface area contributed by atoms with E-state index >= 15 is 0 Å². The molecule has 0 rings (SSSR count). The molecule has 0 aromatic rings. The third kappa shape index (κ3) is 75.7. The van der Waals surface area contributed by atoms with Gasteiger partial charge in [-0.05, 0) is 6.92 Å². The van der Waals surface area contributed by atoms with Crippen LogP contribution in [0.15, 0.2) is 0 Å². The summed E-state index contributed by atoms with van der Waals surface area (Å²) in [6, 6.07) is 0. The zero-order chi connectivity index (χ0) is 2.71. The maximum Gasteiger partial charge on any atom is 0.0402 e. The van der Waals surface area contributed by atoms with E-state index in [0.29, 0.717) is 0 Å². The number of aliphatic hydroxyl groups is 1. The minimum absolute atomic E-state index is 0. The predicted molar refractivity (Wildman–Crippen MR) is 16.4 cm³/mol. The van der Waals surface area contributed by atoms with E-state index in [2.05, 4.69) is 0 Å². The quantitative estimate of drug-likeness (QED) is 0.476. The number of hydrogen-bond acceptors (Lipinski definition) is 1. The Hall–Kier alpha value is 0.660. The summed E-state index contributed by atoms with van der Waals surface area (Å²) < 4.78 is 0. The Morgan fingerprint density at radius 3 is 1.60 bits per heavy atom. The van der Waals surface area contributed by atoms with Crippen LogP contribution in [0.5, 0.6) is 0 Å². The largest absolute Gasteiger partial charge is 0.412 e. The maximum absolute atomic E-state index is 7.57. The molecular formula is C2H8AgO2. The van der Waals surface area contributed by atoms with Gasteiger partial charge in [0.15, 0.2) is 0 Å². The number of rotatable bonds is 0. The Morgan fingerprint density at radius 1 is 1.60 bits per heavy atom. The zero-order valence-electron chi connectivity index (χ0n) is 2.96. The third-order valence-electron chi connectivity index (χ3n) is 0. The third-order valence-corrected chi connectivity index (χ3v) is 0. The first-order valence-corrected chi connectivity index (χ1v) is 1.02. The molecule has 0 fully saturated rings. The molecule has 0 saturated carbocycles. The minimum atomic E-state index is 0. The first-order chi connectivity index (χ1) is 1.41. The second kappa shape index (κ2) is 22.7. The molecule has 0 aliphatic rings. The van der Waals surface area contributed by atoms with Gasteiger partial charge in [-0.1, -0.05) is 0 Å². The molecule has 0 aromatic heterocycles. The molecule has 2 nitrogen and oxygen atoms in total. The van der Waals surface area contributed by atoms with Crippen molar-refractivity contribution in [2.45, 2.75) is 6.92 Å². The van der Waals surface area contributed by atoms with Crippen LogP contribution in [0.25, 0.3) is 0 Å². The van der Waals surface area contributed by atoms with E-state index in [9.17, 15) is 0 Å². The molecule has 0 aromatic carbocycles. The summed E-state index contributed by atoms with van der Waals surface area (Å²) >= 11 is 0. The van der Waals surface area contributed by atoms with Gasteiger partial charge < -0.3 is 10.6 Å². The summed E-state index contributed by atoms with van der Waals surface area (Å²) in [6.45, 7) is 1.93. The fraction of sp³-hybridized carbons (Fsp3) is 1.00. The Morgan fingerprint density at radius 2 is 1.60 bits per heavy atom. The Labute approximate surface area is 47.0 Å². The molecule has 0 amide bonds. The predicted octanol–water partition coefficient (Wildman–Crippen LogP) is -0.829. The molecule has 0 spiro atoms. The van der Waals surface area contributed by atoms with Crippen LogP contribution in [-0.2, 0) is 22.4 Å². The summed E-state index contributed by atoms with van der Waals surface area (Å²) in [5.74, 6) is 0. The van der Waals surface area contributed by atoms with Crippen molar-refractivity contribution in [2.75, 3.05) is 6.61 Å². The van der Waals surface area contributed by atoms with Gasteiger partial charge in [0.05, 0.1) is 0 Å². The van der Waals surface area contributed by atoms with Crippen molar-refractivity contribution >= 4 is 0 Å². The molecule has 0 unspecified atom stereocenters. The summed E-state index contributed by atoms with van der Waals surface area (Å²) in [5, 5.41) is 7.57. The fourth-order valence-electron chi connectivity index (χ4n) is 0. The van der Waals surface area contributed by atoms with Crippen LogP contribution in [0.2, 0.25) is 0 Å². The molecule has 3 heteroatoms. The van der Waals surface area contributed by atoms with E-state index in [1.807, 2.05) is 0 Å². The van der Waals surface area contributed by atoms with Crippen molar-refractivity contribution in [3.63, 3.8) is 0 Å². The standard InChI is InChI=1S/C2H6O.Ag.H2O/c1-2-3;;/h3H,2H2,1H3;;1H2. The van der Waals surface area contributed by atoms with Crippen LogP contribution in [0.3, 0.4) is 0 Å². The Balaban J connectivity index is -0.0000000200. The van der Waals surface area contributed by atoms with Crippen LogP contribution in [0.1, 0.15) is 6.92 Å². The van der Waals surface area contributed by atoms with Crippen molar-refractivity contribution < 1.29 is 33.0 Å². The maximum atomic E-state index is 7.57. The monoisotopic (exact) mass is 171 g/mol. The van der Waals surface area contributed by atoms with E-state index < -0.39 is 0 Å². The minimum Gasteiger partial charge on any atom is -0.412 e. The van der Waals surface area contributed by atoms with Gasteiger partial charge in [0.25, 0.3) is 0 Å². The van der Waals surface area contributed by atoms with Crippen molar-refractivity contribution in [1.82, 2.24) is 0 Å². The normalized spacial score (nSPS) is 3.60. The van der Waals surface area contributed by atoms with Crippen LogP contribution in [-0.4, -0.2) is 17.2 Å². The van der Waals surface area contributed by atoms with Crippen LogP contribution < -0.4 is 0 Å². The molecule has 0 atom stereocenters. The summed E-state index contributed by atoms with van der Waals surface area (Å²) in [4.78, 5) is 0. The van der Waals surface area contributed by atoms with Gasteiger partial charge in [-0.2, -0.15) is 0 Å². The summed E-state index contributed by atoms with van der Waals surface area (Å²) in [7, 11) is 0. The number of hydrogen-bond donors (Lipinski definition) is 1. The van der Waals surface area contributed by atoms with Crippen LogP contribution in [0, 0.1) is 0 Å². The Bertz CT molecular complexity index is 7.61. The molecule has 0 bridgehead atoms. The van der Waals surface area contributed by atoms with E-state index in [1.54, 1.807) is 6.92 Å². The fourth-order valence-corrected chi connectivity index (χ4v) is 0. The van der Waals surface area contributed by atoms with Crippen molar-refractivity contribution in [2.24, 2.45) is 0 Å². The van der Waals surface area contributed by atoms with E-state index in [0.717, 1.165) is 0 Å². The SMILES string of the molecule is CCO.O.[Ag]. The first kappa shape index (κ1) is 17.4. The smallest absolute Gasteiger partial charge is 0.0402 e. The molecule has 0 aliphatic heterocycles. The van der Waals surface area contributed by atoms with Gasteiger partial charge in [0.1, 0.15) is 0 Å². The topological polar surface area (TPSA) is 51.7 Å². The zero-order valence-corrected chi connectivity index (χ0v) is 4.44. The van der Waals surface area contributed by atoms with Gasteiger partial charge in [0.2, 0.25) is 0 Å². The molecule has 0 heterocycles. The average molecular weight is 172 g/mol. The van der Waals surface area contributed by atoms with E-state index in [4.69, 9.17) is 5.11 Å². The van der Waals surface area contributed by atoms with Crippen LogP contribution in [0.4, 0.5) is 0 Å². The second-order valence-electron chi connectivity index (χ2n) is 0.316. The molecule has 3 N–H and O–H groups in total. The molecule has 1 radical (unpaired) electrons. The van der Waals surface area contributed by atoms with E-state index in [1.165, 1.54) is 0 Å². The molecule has 0 aliphatic carbocycles. The van der Waals surface area contributed by atoms with Gasteiger partial charge in [-0.15, -0.1) is 0 Å². The van der Waals surface area contributed by atoms with Gasteiger partial charge >= 0.3 is 0 Å². The van der Waals surface area contributed by atoms with Gasteiger partial charge in [-0.25, -0.2) is 0 Å².